The van der Waals surface area contributed by atoms with Gasteiger partial charge in [-0.1, -0.05) is 32.4 Å². The Kier molecular flexibility index (Phi) is 6.86. The van der Waals surface area contributed by atoms with E-state index in [1.165, 1.54) is 0 Å². The van der Waals surface area contributed by atoms with E-state index in [-0.39, 0.29) is 17.2 Å². The molecule has 1 heterocycles. The van der Waals surface area contributed by atoms with Gasteiger partial charge in [0, 0.05) is 29.6 Å². The van der Waals surface area contributed by atoms with Gasteiger partial charge in [-0.2, -0.15) is 0 Å². The van der Waals surface area contributed by atoms with Crippen molar-refractivity contribution in [2.45, 2.75) is 46.7 Å². The fourth-order valence-corrected chi connectivity index (χ4v) is 3.43. The number of aryl methyl sites for hydroxylation is 1. The third-order valence-electron chi connectivity index (χ3n) is 4.77. The molecule has 1 aliphatic rings. The van der Waals surface area contributed by atoms with E-state index in [1.807, 2.05) is 13.0 Å². The Balaban J connectivity index is 1.81. The van der Waals surface area contributed by atoms with Gasteiger partial charge < -0.3 is 10.2 Å². The SMILES string of the molecule is Cc1cc(Cl)cc(C(=O)NC[C@H]2CCN(CCC(C)(C)C)C[C@H]2F)c1. The van der Waals surface area contributed by atoms with Crippen molar-refractivity contribution in [2.24, 2.45) is 11.3 Å². The van der Waals surface area contributed by atoms with Crippen LogP contribution in [0.4, 0.5) is 4.39 Å². The maximum absolute atomic E-state index is 14.5. The molecule has 0 aromatic heterocycles. The van der Waals surface area contributed by atoms with Crippen LogP contribution < -0.4 is 5.32 Å². The molecule has 0 aliphatic carbocycles. The van der Waals surface area contributed by atoms with Crippen molar-refractivity contribution in [3.63, 3.8) is 0 Å². The highest BCUT2D eigenvalue weighted by Crippen LogP contribution is 2.24. The predicted octanol–water partition coefficient (Wildman–Crippen LogP) is 4.47. The summed E-state index contributed by atoms with van der Waals surface area (Å²) < 4.78 is 14.5. The number of carbonyl (C=O) groups excluding carboxylic acids is 1. The third kappa shape index (κ3) is 6.59. The van der Waals surface area contributed by atoms with E-state index < -0.39 is 6.17 Å². The standard InChI is InChI=1S/C20H30ClFN2O/c1-14-9-16(11-17(21)10-14)19(25)23-12-15-5-7-24(13-18(15)22)8-6-20(2,3)4/h9-11,15,18H,5-8,12-13H2,1-4H3,(H,23,25)/t15-,18-/m1/s1. The molecule has 25 heavy (non-hydrogen) atoms. The number of carbonyl (C=O) groups is 1. The van der Waals surface area contributed by atoms with Crippen LogP contribution in [-0.2, 0) is 0 Å². The van der Waals surface area contributed by atoms with Crippen LogP contribution in [0.1, 0.15) is 49.5 Å². The highest BCUT2D eigenvalue weighted by molar-refractivity contribution is 6.31. The Bertz CT molecular complexity index is 580. The van der Waals surface area contributed by atoms with Crippen LogP contribution in [0.2, 0.25) is 5.02 Å². The summed E-state index contributed by atoms with van der Waals surface area (Å²) in [7, 11) is 0. The number of hydrogen-bond acceptors (Lipinski definition) is 2. The van der Waals surface area contributed by atoms with Gasteiger partial charge in [0.25, 0.3) is 5.91 Å². The second-order valence-electron chi connectivity index (χ2n) is 8.40. The second-order valence-corrected chi connectivity index (χ2v) is 8.84. The van der Waals surface area contributed by atoms with Gasteiger partial charge in [0.15, 0.2) is 0 Å². The first kappa shape index (κ1) is 20.2. The Morgan fingerprint density at radius 1 is 1.36 bits per heavy atom. The minimum atomic E-state index is -0.893. The van der Waals surface area contributed by atoms with Gasteiger partial charge in [-0.25, -0.2) is 4.39 Å². The number of nitrogens with one attached hydrogen (secondary N) is 1. The van der Waals surface area contributed by atoms with E-state index in [0.717, 1.165) is 31.5 Å². The average molecular weight is 369 g/mol. The number of nitrogens with zero attached hydrogens (tertiary/aromatic N) is 1. The molecule has 1 aromatic rings. The van der Waals surface area contributed by atoms with Crippen molar-refractivity contribution in [2.75, 3.05) is 26.2 Å². The molecule has 1 fully saturated rings. The maximum atomic E-state index is 14.5. The average Bonchev–Trinajstić information content (AvgIpc) is 2.50. The molecule has 3 nitrogen and oxygen atoms in total. The first-order valence-corrected chi connectivity index (χ1v) is 9.44. The quantitative estimate of drug-likeness (QED) is 0.831. The second kappa shape index (κ2) is 8.50. The summed E-state index contributed by atoms with van der Waals surface area (Å²) >= 11 is 6.00. The number of likely N-dealkylation sites (tertiary alicyclic amines) is 1. The molecule has 1 aliphatic heterocycles. The van der Waals surface area contributed by atoms with Crippen molar-refractivity contribution in [1.82, 2.24) is 10.2 Å². The van der Waals surface area contributed by atoms with E-state index in [9.17, 15) is 9.18 Å². The summed E-state index contributed by atoms with van der Waals surface area (Å²) in [6.07, 6.45) is 0.949. The Morgan fingerprint density at radius 2 is 2.08 bits per heavy atom. The number of alkyl halides is 1. The number of hydrogen-bond donors (Lipinski definition) is 1. The van der Waals surface area contributed by atoms with Crippen molar-refractivity contribution in [3.05, 3.63) is 34.3 Å². The van der Waals surface area contributed by atoms with E-state index >= 15 is 0 Å². The third-order valence-corrected chi connectivity index (χ3v) is 4.99. The summed E-state index contributed by atoms with van der Waals surface area (Å²) in [4.78, 5) is 14.5. The first-order chi connectivity index (χ1) is 11.6. The molecule has 1 saturated heterocycles. The summed E-state index contributed by atoms with van der Waals surface area (Å²) in [5.74, 6) is -0.303. The number of rotatable bonds is 5. The van der Waals surface area contributed by atoms with Gasteiger partial charge in [0.05, 0.1) is 0 Å². The molecule has 2 rings (SSSR count). The van der Waals surface area contributed by atoms with Crippen LogP contribution in [0.15, 0.2) is 18.2 Å². The fraction of sp³-hybridized carbons (Fsp3) is 0.650. The monoisotopic (exact) mass is 368 g/mol. The fourth-order valence-electron chi connectivity index (χ4n) is 3.14. The minimum Gasteiger partial charge on any atom is -0.352 e. The number of amides is 1. The molecular formula is C20H30ClFN2O. The number of halogens is 2. The van der Waals surface area contributed by atoms with Gasteiger partial charge in [0.2, 0.25) is 0 Å². The molecule has 1 amide bonds. The molecule has 140 valence electrons. The van der Waals surface area contributed by atoms with E-state index in [2.05, 4.69) is 31.0 Å². The molecule has 1 N–H and O–H groups in total. The summed E-state index contributed by atoms with van der Waals surface area (Å²) in [6.45, 7) is 11.2. The van der Waals surface area contributed by atoms with Crippen LogP contribution in [0, 0.1) is 18.3 Å². The summed E-state index contributed by atoms with van der Waals surface area (Å²) in [5, 5.41) is 3.41. The number of benzene rings is 1. The zero-order valence-corrected chi connectivity index (χ0v) is 16.5. The van der Waals surface area contributed by atoms with Gasteiger partial charge in [-0.15, -0.1) is 0 Å². The van der Waals surface area contributed by atoms with Crippen molar-refractivity contribution >= 4 is 17.5 Å². The van der Waals surface area contributed by atoms with Crippen LogP contribution in [0.5, 0.6) is 0 Å². The van der Waals surface area contributed by atoms with Crippen LogP contribution >= 0.6 is 11.6 Å². The maximum Gasteiger partial charge on any atom is 0.251 e. The smallest absolute Gasteiger partial charge is 0.251 e. The van der Waals surface area contributed by atoms with E-state index in [0.29, 0.717) is 23.7 Å². The van der Waals surface area contributed by atoms with Gasteiger partial charge in [-0.3, -0.25) is 4.79 Å². The Morgan fingerprint density at radius 3 is 2.68 bits per heavy atom. The lowest BCUT2D eigenvalue weighted by Crippen LogP contribution is -2.46. The van der Waals surface area contributed by atoms with Gasteiger partial charge in [0.1, 0.15) is 6.17 Å². The molecule has 0 unspecified atom stereocenters. The molecule has 5 heteroatoms. The number of piperidine rings is 1. The minimum absolute atomic E-state index is 0.116. The summed E-state index contributed by atoms with van der Waals surface area (Å²) in [6, 6.07) is 5.25. The van der Waals surface area contributed by atoms with Gasteiger partial charge >= 0.3 is 0 Å². The largest absolute Gasteiger partial charge is 0.352 e. The van der Waals surface area contributed by atoms with Crippen molar-refractivity contribution in [3.8, 4) is 0 Å². The molecule has 1 aromatic carbocycles. The molecule has 0 bridgehead atoms. The van der Waals surface area contributed by atoms with Crippen molar-refractivity contribution < 1.29 is 9.18 Å². The van der Waals surface area contributed by atoms with Crippen LogP contribution in [0.3, 0.4) is 0 Å². The zero-order valence-electron chi connectivity index (χ0n) is 15.7. The normalized spacial score (nSPS) is 22.0. The molecule has 0 spiro atoms. The topological polar surface area (TPSA) is 32.3 Å². The van der Waals surface area contributed by atoms with E-state index in [1.54, 1.807) is 12.1 Å². The van der Waals surface area contributed by atoms with Crippen LogP contribution in [-0.4, -0.2) is 43.2 Å². The molecule has 0 saturated carbocycles. The first-order valence-electron chi connectivity index (χ1n) is 9.06. The van der Waals surface area contributed by atoms with E-state index in [4.69, 9.17) is 11.6 Å². The highest BCUT2D eigenvalue weighted by Gasteiger charge is 2.29. The lowest BCUT2D eigenvalue weighted by atomic mass is 9.90. The molecular weight excluding hydrogens is 339 g/mol. The highest BCUT2D eigenvalue weighted by atomic mass is 35.5. The lowest BCUT2D eigenvalue weighted by molar-refractivity contribution is 0.0724. The zero-order chi connectivity index (χ0) is 18.6. The Hall–Kier alpha value is -1.13. The Labute approximate surface area is 155 Å². The predicted molar refractivity (Wildman–Crippen MR) is 102 cm³/mol. The molecule has 0 radical (unpaired) electrons. The van der Waals surface area contributed by atoms with Crippen molar-refractivity contribution in [1.29, 1.82) is 0 Å². The molecule has 2 atom stereocenters. The van der Waals surface area contributed by atoms with Gasteiger partial charge in [-0.05, 0) is 62.0 Å². The van der Waals surface area contributed by atoms with Crippen LogP contribution in [0.25, 0.3) is 0 Å². The lowest BCUT2D eigenvalue weighted by Gasteiger charge is -2.36. The summed E-state index contributed by atoms with van der Waals surface area (Å²) in [5.41, 5.74) is 1.74.